The zero-order valence-corrected chi connectivity index (χ0v) is 12.5. The third-order valence-electron chi connectivity index (χ3n) is 3.24. The summed E-state index contributed by atoms with van der Waals surface area (Å²) >= 11 is 5.90. The van der Waals surface area contributed by atoms with Gasteiger partial charge in [0, 0.05) is 25.5 Å². The van der Waals surface area contributed by atoms with Gasteiger partial charge >= 0.3 is 0 Å². The summed E-state index contributed by atoms with van der Waals surface area (Å²) < 4.78 is 2.05. The first-order chi connectivity index (χ1) is 10.2. The molecular weight excluding hydrogens is 288 g/mol. The van der Waals surface area contributed by atoms with E-state index in [-0.39, 0.29) is 5.91 Å². The molecule has 0 atom stereocenters. The molecule has 0 aliphatic carbocycles. The van der Waals surface area contributed by atoms with Crippen molar-refractivity contribution in [3.63, 3.8) is 0 Å². The normalized spacial score (nSPS) is 10.5. The Bertz CT molecular complexity index is 583. The number of aromatic nitrogens is 2. The SMILES string of the molecule is Nc1c(Cl)cccc1C(=O)NCCCCCn1ccnc1. The fourth-order valence-corrected chi connectivity index (χ4v) is 2.22. The number of carbonyl (C=O) groups excluding carboxylic acids is 1. The van der Waals surface area contributed by atoms with Crippen LogP contribution in [-0.2, 0) is 6.54 Å². The Labute approximate surface area is 129 Å². The summed E-state index contributed by atoms with van der Waals surface area (Å²) in [6, 6.07) is 5.07. The van der Waals surface area contributed by atoms with E-state index < -0.39 is 0 Å². The molecule has 0 saturated heterocycles. The van der Waals surface area contributed by atoms with Crippen molar-refractivity contribution in [2.45, 2.75) is 25.8 Å². The standard InChI is InChI=1S/C15H19ClN4O/c16-13-6-4-5-12(14(13)17)15(21)19-7-2-1-3-9-20-10-8-18-11-20/h4-6,8,10-11H,1-3,7,9,17H2,(H,19,21). The van der Waals surface area contributed by atoms with Crippen LogP contribution in [0.1, 0.15) is 29.6 Å². The topological polar surface area (TPSA) is 72.9 Å². The average Bonchev–Trinajstić information content (AvgIpc) is 2.98. The zero-order chi connectivity index (χ0) is 15.1. The number of aryl methyl sites for hydroxylation is 1. The predicted molar refractivity (Wildman–Crippen MR) is 84.3 cm³/mol. The molecule has 21 heavy (non-hydrogen) atoms. The van der Waals surface area contributed by atoms with Crippen LogP contribution >= 0.6 is 11.6 Å². The van der Waals surface area contributed by atoms with Crippen LogP contribution in [0.5, 0.6) is 0 Å². The number of anilines is 1. The number of hydrogen-bond acceptors (Lipinski definition) is 3. The highest BCUT2D eigenvalue weighted by molar-refractivity contribution is 6.33. The van der Waals surface area contributed by atoms with E-state index in [0.29, 0.717) is 22.8 Å². The Morgan fingerprint density at radius 2 is 2.19 bits per heavy atom. The quantitative estimate of drug-likeness (QED) is 0.610. The van der Waals surface area contributed by atoms with E-state index >= 15 is 0 Å². The van der Waals surface area contributed by atoms with Crippen molar-refractivity contribution in [1.82, 2.24) is 14.9 Å². The van der Waals surface area contributed by atoms with Crippen molar-refractivity contribution in [3.05, 3.63) is 47.5 Å². The van der Waals surface area contributed by atoms with Crippen LogP contribution in [0.15, 0.2) is 36.9 Å². The van der Waals surface area contributed by atoms with Gasteiger partial charge in [-0.1, -0.05) is 17.7 Å². The van der Waals surface area contributed by atoms with Crippen LogP contribution < -0.4 is 11.1 Å². The maximum atomic E-state index is 12.0. The summed E-state index contributed by atoms with van der Waals surface area (Å²) in [4.78, 5) is 16.0. The molecule has 3 N–H and O–H groups in total. The van der Waals surface area contributed by atoms with Crippen molar-refractivity contribution in [2.75, 3.05) is 12.3 Å². The highest BCUT2D eigenvalue weighted by Gasteiger charge is 2.10. The molecular formula is C15H19ClN4O. The molecule has 1 heterocycles. The van der Waals surface area contributed by atoms with E-state index in [4.69, 9.17) is 17.3 Å². The van der Waals surface area contributed by atoms with Crippen molar-refractivity contribution in [3.8, 4) is 0 Å². The molecule has 2 rings (SSSR count). The van der Waals surface area contributed by atoms with Gasteiger partial charge in [0.1, 0.15) is 0 Å². The molecule has 0 aliphatic heterocycles. The average molecular weight is 307 g/mol. The van der Waals surface area contributed by atoms with Gasteiger partial charge in [-0.2, -0.15) is 0 Å². The van der Waals surface area contributed by atoms with Crippen LogP contribution in [0, 0.1) is 0 Å². The second kappa shape index (κ2) is 7.69. The summed E-state index contributed by atoms with van der Waals surface area (Å²) in [7, 11) is 0. The molecule has 1 aromatic heterocycles. The maximum Gasteiger partial charge on any atom is 0.253 e. The number of hydrogen-bond donors (Lipinski definition) is 2. The number of nitrogens with zero attached hydrogens (tertiary/aromatic N) is 2. The molecule has 6 heteroatoms. The largest absolute Gasteiger partial charge is 0.397 e. The molecule has 5 nitrogen and oxygen atoms in total. The minimum absolute atomic E-state index is 0.176. The maximum absolute atomic E-state index is 12.0. The van der Waals surface area contributed by atoms with E-state index in [1.54, 1.807) is 24.4 Å². The first-order valence-corrected chi connectivity index (χ1v) is 7.34. The Morgan fingerprint density at radius 3 is 2.95 bits per heavy atom. The van der Waals surface area contributed by atoms with Crippen molar-refractivity contribution in [1.29, 1.82) is 0 Å². The van der Waals surface area contributed by atoms with Crippen molar-refractivity contribution < 1.29 is 4.79 Å². The lowest BCUT2D eigenvalue weighted by Crippen LogP contribution is -2.25. The van der Waals surface area contributed by atoms with E-state index in [1.165, 1.54) is 0 Å². The molecule has 0 fully saturated rings. The number of carbonyl (C=O) groups is 1. The molecule has 0 radical (unpaired) electrons. The monoisotopic (exact) mass is 306 g/mol. The molecule has 1 aromatic carbocycles. The molecule has 0 bridgehead atoms. The molecule has 0 unspecified atom stereocenters. The van der Waals surface area contributed by atoms with Gasteiger partial charge in [0.25, 0.3) is 5.91 Å². The van der Waals surface area contributed by atoms with Gasteiger partial charge in [-0.25, -0.2) is 4.98 Å². The predicted octanol–water partition coefficient (Wildman–Crippen LogP) is 2.72. The lowest BCUT2D eigenvalue weighted by atomic mass is 10.1. The minimum atomic E-state index is -0.176. The Morgan fingerprint density at radius 1 is 1.33 bits per heavy atom. The second-order valence-electron chi connectivity index (χ2n) is 4.82. The molecule has 0 spiro atoms. The van der Waals surface area contributed by atoms with Crippen molar-refractivity contribution in [2.24, 2.45) is 0 Å². The number of nitrogens with two attached hydrogens (primary N) is 1. The van der Waals surface area contributed by atoms with Gasteiger partial charge in [0.15, 0.2) is 0 Å². The first-order valence-electron chi connectivity index (χ1n) is 6.96. The van der Waals surface area contributed by atoms with Crippen LogP contribution in [0.4, 0.5) is 5.69 Å². The number of unbranched alkanes of at least 4 members (excludes halogenated alkanes) is 2. The number of rotatable bonds is 7. The summed E-state index contributed by atoms with van der Waals surface area (Å²) in [5.41, 5.74) is 6.55. The lowest BCUT2D eigenvalue weighted by Gasteiger charge is -2.08. The summed E-state index contributed by atoms with van der Waals surface area (Å²) in [6.45, 7) is 1.59. The zero-order valence-electron chi connectivity index (χ0n) is 11.8. The van der Waals surface area contributed by atoms with Crippen molar-refractivity contribution >= 4 is 23.2 Å². The Hall–Kier alpha value is -2.01. The number of para-hydroxylation sites is 1. The summed E-state index contributed by atoms with van der Waals surface area (Å²) in [5.74, 6) is -0.176. The number of nitrogen functional groups attached to an aromatic ring is 1. The number of halogens is 1. The minimum Gasteiger partial charge on any atom is -0.397 e. The van der Waals surface area contributed by atoms with Gasteiger partial charge in [0.05, 0.1) is 22.6 Å². The van der Waals surface area contributed by atoms with Gasteiger partial charge in [0.2, 0.25) is 0 Å². The van der Waals surface area contributed by atoms with E-state index in [2.05, 4.69) is 10.3 Å². The molecule has 0 aliphatic rings. The molecule has 112 valence electrons. The van der Waals surface area contributed by atoms with Crippen LogP contribution in [-0.4, -0.2) is 22.0 Å². The summed E-state index contributed by atoms with van der Waals surface area (Å²) in [5, 5.41) is 3.27. The lowest BCUT2D eigenvalue weighted by molar-refractivity contribution is 0.0954. The van der Waals surface area contributed by atoms with Gasteiger partial charge in [-0.3, -0.25) is 4.79 Å². The molecule has 1 amide bonds. The highest BCUT2D eigenvalue weighted by atomic mass is 35.5. The van der Waals surface area contributed by atoms with E-state index in [1.807, 2.05) is 17.1 Å². The molecule has 2 aromatic rings. The number of benzene rings is 1. The van der Waals surface area contributed by atoms with Crippen LogP contribution in [0.3, 0.4) is 0 Å². The third kappa shape index (κ3) is 4.49. The number of imidazole rings is 1. The Balaban J connectivity index is 1.66. The third-order valence-corrected chi connectivity index (χ3v) is 3.56. The van der Waals surface area contributed by atoms with E-state index in [9.17, 15) is 4.79 Å². The van der Waals surface area contributed by atoms with E-state index in [0.717, 1.165) is 25.8 Å². The van der Waals surface area contributed by atoms with Gasteiger partial charge in [-0.15, -0.1) is 0 Å². The van der Waals surface area contributed by atoms with Gasteiger partial charge < -0.3 is 15.6 Å². The van der Waals surface area contributed by atoms with Gasteiger partial charge in [-0.05, 0) is 31.4 Å². The number of amides is 1. The molecule has 0 saturated carbocycles. The highest BCUT2D eigenvalue weighted by Crippen LogP contribution is 2.22. The smallest absolute Gasteiger partial charge is 0.253 e. The second-order valence-corrected chi connectivity index (χ2v) is 5.23. The van der Waals surface area contributed by atoms with Crippen LogP contribution in [0.25, 0.3) is 0 Å². The van der Waals surface area contributed by atoms with Crippen LogP contribution in [0.2, 0.25) is 5.02 Å². The fraction of sp³-hybridized carbons (Fsp3) is 0.333. The summed E-state index contributed by atoms with van der Waals surface area (Å²) in [6.07, 6.45) is 8.57. The first kappa shape index (κ1) is 15.4. The fourth-order valence-electron chi connectivity index (χ4n) is 2.05. The number of nitrogens with one attached hydrogen (secondary N) is 1. The Kier molecular flexibility index (Phi) is 5.63.